The highest BCUT2D eigenvalue weighted by Crippen LogP contribution is 2.25. The quantitative estimate of drug-likeness (QED) is 0.893. The lowest BCUT2D eigenvalue weighted by molar-refractivity contribution is 0.0845. The van der Waals surface area contributed by atoms with Crippen LogP contribution in [0.25, 0.3) is 0 Å². The van der Waals surface area contributed by atoms with Gasteiger partial charge in [0.15, 0.2) is 5.69 Å². The zero-order valence-corrected chi connectivity index (χ0v) is 12.7. The Balaban J connectivity index is 1.62. The van der Waals surface area contributed by atoms with Gasteiger partial charge in [-0.3, -0.25) is 9.69 Å². The average molecular weight is 316 g/mol. The number of nitrogens with one attached hydrogen (secondary N) is 2. The summed E-state index contributed by atoms with van der Waals surface area (Å²) in [4.78, 5) is 26.1. The number of aliphatic imine (C=N–C) groups is 1. The summed E-state index contributed by atoms with van der Waals surface area (Å²) in [5, 5.41) is 3.85. The SMILES string of the molecule is CC1CN2C(=O)c3nc(Cc4ccc(Cl)cc4)[nH]c3NC2=N1. The van der Waals surface area contributed by atoms with Gasteiger partial charge in [0, 0.05) is 11.4 Å². The number of fused-ring (bicyclic) bond motifs is 2. The average Bonchev–Trinajstić information content (AvgIpc) is 3.05. The van der Waals surface area contributed by atoms with Gasteiger partial charge in [0.2, 0.25) is 5.96 Å². The zero-order valence-electron chi connectivity index (χ0n) is 11.9. The molecule has 2 aliphatic heterocycles. The van der Waals surface area contributed by atoms with Crippen LogP contribution in [0.4, 0.5) is 5.82 Å². The number of hydrogen-bond donors (Lipinski definition) is 2. The topological polar surface area (TPSA) is 73.4 Å². The number of carbonyl (C=O) groups excluding carboxylic acids is 1. The number of anilines is 1. The molecular weight excluding hydrogens is 302 g/mol. The minimum absolute atomic E-state index is 0.101. The van der Waals surface area contributed by atoms with Gasteiger partial charge in [0.05, 0.1) is 12.6 Å². The van der Waals surface area contributed by atoms with Gasteiger partial charge in [-0.15, -0.1) is 0 Å². The van der Waals surface area contributed by atoms with Gasteiger partial charge in [-0.1, -0.05) is 23.7 Å². The van der Waals surface area contributed by atoms with Crippen LogP contribution in [-0.4, -0.2) is 39.3 Å². The Morgan fingerprint density at radius 2 is 2.14 bits per heavy atom. The number of guanidine groups is 1. The van der Waals surface area contributed by atoms with Crippen molar-refractivity contribution in [1.29, 1.82) is 0 Å². The number of nitrogens with zero attached hydrogens (tertiary/aromatic N) is 3. The summed E-state index contributed by atoms with van der Waals surface area (Å²) < 4.78 is 0. The molecule has 4 rings (SSSR count). The van der Waals surface area contributed by atoms with E-state index in [-0.39, 0.29) is 11.9 Å². The maximum absolute atomic E-state index is 12.5. The van der Waals surface area contributed by atoms with E-state index in [1.54, 1.807) is 4.90 Å². The third-order valence-corrected chi connectivity index (χ3v) is 4.02. The second kappa shape index (κ2) is 4.84. The first-order valence-corrected chi connectivity index (χ1v) is 7.48. The summed E-state index contributed by atoms with van der Waals surface area (Å²) in [5.74, 6) is 1.86. The molecule has 1 atom stereocenters. The summed E-state index contributed by atoms with van der Waals surface area (Å²) in [6.45, 7) is 2.58. The maximum Gasteiger partial charge on any atom is 0.283 e. The van der Waals surface area contributed by atoms with Crippen molar-refractivity contribution in [2.24, 2.45) is 4.99 Å². The Morgan fingerprint density at radius 1 is 1.36 bits per heavy atom. The van der Waals surface area contributed by atoms with Crippen molar-refractivity contribution in [3.8, 4) is 0 Å². The van der Waals surface area contributed by atoms with Crippen molar-refractivity contribution < 1.29 is 4.79 Å². The summed E-state index contributed by atoms with van der Waals surface area (Å²) in [6, 6.07) is 7.70. The van der Waals surface area contributed by atoms with Gasteiger partial charge in [0.1, 0.15) is 11.6 Å². The number of carbonyl (C=O) groups is 1. The summed E-state index contributed by atoms with van der Waals surface area (Å²) >= 11 is 5.89. The molecule has 22 heavy (non-hydrogen) atoms. The molecule has 0 radical (unpaired) electrons. The molecule has 7 heteroatoms. The summed E-state index contributed by atoms with van der Waals surface area (Å²) in [5.41, 5.74) is 1.51. The number of aromatic amines is 1. The molecule has 1 amide bonds. The second-order valence-corrected chi connectivity index (χ2v) is 5.99. The Hall–Kier alpha value is -2.34. The number of rotatable bonds is 2. The van der Waals surface area contributed by atoms with Gasteiger partial charge in [-0.25, -0.2) is 9.98 Å². The molecule has 0 aliphatic carbocycles. The van der Waals surface area contributed by atoms with E-state index in [2.05, 4.69) is 20.3 Å². The fourth-order valence-electron chi connectivity index (χ4n) is 2.74. The highest BCUT2D eigenvalue weighted by molar-refractivity contribution is 6.30. The Kier molecular flexibility index (Phi) is 2.94. The van der Waals surface area contributed by atoms with E-state index in [1.165, 1.54) is 0 Å². The number of H-pyrrole nitrogens is 1. The lowest BCUT2D eigenvalue weighted by atomic mass is 10.1. The van der Waals surface area contributed by atoms with Crippen molar-refractivity contribution in [2.75, 3.05) is 11.9 Å². The Labute approximate surface area is 132 Å². The van der Waals surface area contributed by atoms with Gasteiger partial charge in [-0.2, -0.15) is 0 Å². The highest BCUT2D eigenvalue weighted by atomic mass is 35.5. The van der Waals surface area contributed by atoms with E-state index in [1.807, 2.05) is 31.2 Å². The lowest BCUT2D eigenvalue weighted by Gasteiger charge is -2.23. The molecule has 1 aromatic heterocycles. The lowest BCUT2D eigenvalue weighted by Crippen LogP contribution is -2.43. The molecule has 112 valence electrons. The minimum Gasteiger partial charge on any atom is -0.328 e. The fourth-order valence-corrected chi connectivity index (χ4v) is 2.86. The molecule has 2 N–H and O–H groups in total. The first-order chi connectivity index (χ1) is 10.6. The molecule has 1 unspecified atom stereocenters. The van der Waals surface area contributed by atoms with E-state index in [9.17, 15) is 4.79 Å². The molecule has 0 bridgehead atoms. The van der Waals surface area contributed by atoms with Crippen LogP contribution in [0.2, 0.25) is 5.02 Å². The van der Waals surface area contributed by atoms with Crippen LogP contribution in [0, 0.1) is 0 Å². The largest absolute Gasteiger partial charge is 0.328 e. The predicted octanol–water partition coefficient (Wildman–Crippen LogP) is 2.28. The molecule has 6 nitrogen and oxygen atoms in total. The molecule has 0 fully saturated rings. The normalized spacial score (nSPS) is 19.5. The third-order valence-electron chi connectivity index (χ3n) is 3.77. The number of amides is 1. The van der Waals surface area contributed by atoms with Gasteiger partial charge >= 0.3 is 0 Å². The predicted molar refractivity (Wildman–Crippen MR) is 84.4 cm³/mol. The number of halogens is 1. The van der Waals surface area contributed by atoms with E-state index in [0.29, 0.717) is 35.5 Å². The summed E-state index contributed by atoms with van der Waals surface area (Å²) in [7, 11) is 0. The molecule has 1 aromatic carbocycles. The van der Waals surface area contributed by atoms with Crippen LogP contribution < -0.4 is 5.32 Å². The van der Waals surface area contributed by atoms with E-state index in [4.69, 9.17) is 11.6 Å². The van der Waals surface area contributed by atoms with Crippen molar-refractivity contribution in [1.82, 2.24) is 14.9 Å². The second-order valence-electron chi connectivity index (χ2n) is 5.55. The smallest absolute Gasteiger partial charge is 0.283 e. The van der Waals surface area contributed by atoms with E-state index < -0.39 is 0 Å². The standard InChI is InChI=1S/C15H14ClN5O/c1-8-7-21-14(22)12-13(20-15(21)17-8)19-11(18-12)6-9-2-4-10(16)5-3-9/h2-5,8H,6-7H2,1H3,(H,17,20)(H,18,19). The maximum atomic E-state index is 12.5. The number of aromatic nitrogens is 2. The molecule has 0 saturated heterocycles. The first kappa shape index (κ1) is 13.3. The Morgan fingerprint density at radius 3 is 2.91 bits per heavy atom. The van der Waals surface area contributed by atoms with Gasteiger partial charge < -0.3 is 10.3 Å². The molecule has 2 aliphatic rings. The van der Waals surface area contributed by atoms with Crippen LogP contribution in [0.5, 0.6) is 0 Å². The van der Waals surface area contributed by atoms with Crippen molar-refractivity contribution >= 4 is 29.3 Å². The first-order valence-electron chi connectivity index (χ1n) is 7.10. The van der Waals surface area contributed by atoms with Crippen LogP contribution in [-0.2, 0) is 6.42 Å². The van der Waals surface area contributed by atoms with Gasteiger partial charge in [0.25, 0.3) is 5.91 Å². The molecule has 3 heterocycles. The van der Waals surface area contributed by atoms with Crippen LogP contribution in [0.15, 0.2) is 29.3 Å². The van der Waals surface area contributed by atoms with E-state index >= 15 is 0 Å². The van der Waals surface area contributed by atoms with Gasteiger partial charge in [-0.05, 0) is 24.6 Å². The number of benzene rings is 1. The molecule has 0 saturated carbocycles. The van der Waals surface area contributed by atoms with Crippen LogP contribution >= 0.6 is 11.6 Å². The van der Waals surface area contributed by atoms with Crippen LogP contribution in [0.3, 0.4) is 0 Å². The molecule has 0 spiro atoms. The number of imidazole rings is 1. The van der Waals surface area contributed by atoms with Crippen molar-refractivity contribution in [3.63, 3.8) is 0 Å². The molecular formula is C15H14ClN5O. The monoisotopic (exact) mass is 315 g/mol. The Bertz CT molecular complexity index is 780. The van der Waals surface area contributed by atoms with Crippen LogP contribution in [0.1, 0.15) is 28.8 Å². The van der Waals surface area contributed by atoms with E-state index in [0.717, 1.165) is 11.4 Å². The zero-order chi connectivity index (χ0) is 15.3. The highest BCUT2D eigenvalue weighted by Gasteiger charge is 2.36. The third kappa shape index (κ3) is 2.16. The summed E-state index contributed by atoms with van der Waals surface area (Å²) in [6.07, 6.45) is 0.613. The fraction of sp³-hybridized carbons (Fsp3) is 0.267. The van der Waals surface area contributed by atoms with Crippen molar-refractivity contribution in [2.45, 2.75) is 19.4 Å². The minimum atomic E-state index is -0.101. The van der Waals surface area contributed by atoms with Crippen molar-refractivity contribution in [3.05, 3.63) is 46.4 Å². The molecule has 2 aromatic rings. The number of hydrogen-bond acceptors (Lipinski definition) is 4.